The van der Waals surface area contributed by atoms with Gasteiger partial charge in [-0.25, -0.2) is 9.97 Å². The number of amides is 1. The third-order valence-corrected chi connectivity index (χ3v) is 7.43. The Labute approximate surface area is 182 Å². The molecule has 32 heavy (non-hydrogen) atoms. The summed E-state index contributed by atoms with van der Waals surface area (Å²) in [5.74, 6) is 0.435. The van der Waals surface area contributed by atoms with Crippen molar-refractivity contribution < 1.29 is 19.2 Å². The number of nitrogens with zero attached hydrogens (tertiary/aromatic N) is 3. The summed E-state index contributed by atoms with van der Waals surface area (Å²) in [5.41, 5.74) is 1.53. The monoisotopic (exact) mass is 432 g/mol. The lowest BCUT2D eigenvalue weighted by molar-refractivity contribution is -0.384. The Hall–Kier alpha value is -3.75. The highest BCUT2D eigenvalue weighted by molar-refractivity contribution is 6.03. The van der Waals surface area contributed by atoms with E-state index < -0.39 is 15.8 Å². The molecule has 0 spiro atoms. The van der Waals surface area contributed by atoms with Crippen molar-refractivity contribution in [3.8, 4) is 11.5 Å². The normalized spacial score (nSPS) is 23.9. The van der Waals surface area contributed by atoms with Crippen molar-refractivity contribution in [3.63, 3.8) is 0 Å². The Morgan fingerprint density at radius 3 is 2.56 bits per heavy atom. The number of carbonyl (C=O) groups excluding carboxylic acids is 1. The number of fused-ring (bicyclic) bond motifs is 7. The van der Waals surface area contributed by atoms with Crippen LogP contribution < -0.4 is 14.8 Å². The van der Waals surface area contributed by atoms with Crippen LogP contribution in [0.25, 0.3) is 11.0 Å². The van der Waals surface area contributed by atoms with Gasteiger partial charge in [-0.3, -0.25) is 14.9 Å². The van der Waals surface area contributed by atoms with Gasteiger partial charge in [0, 0.05) is 12.0 Å². The van der Waals surface area contributed by atoms with Gasteiger partial charge in [-0.2, -0.15) is 0 Å². The molecule has 2 aromatic carbocycles. The minimum absolute atomic E-state index is 0.0153. The number of rotatable bonds is 3. The van der Waals surface area contributed by atoms with Crippen LogP contribution in [0.4, 0.5) is 11.4 Å². The highest BCUT2D eigenvalue weighted by atomic mass is 16.7. The first-order valence-corrected chi connectivity index (χ1v) is 10.5. The molecule has 2 aliphatic carbocycles. The molecule has 1 amide bonds. The molecule has 0 saturated heterocycles. The molecule has 2 atom stereocenters. The Morgan fingerprint density at radius 2 is 1.84 bits per heavy atom. The molecule has 1 saturated carbocycles. The SMILES string of the molecule is CC1(C)C2CCC1(C(=O)Nc1cc3c(cc1[N+](=O)[O-])OCO3)c1nc3ccccc3nc12. The second kappa shape index (κ2) is 6.15. The van der Waals surface area contributed by atoms with Crippen molar-refractivity contribution in [2.75, 3.05) is 12.1 Å². The van der Waals surface area contributed by atoms with Crippen molar-refractivity contribution in [2.24, 2.45) is 5.41 Å². The van der Waals surface area contributed by atoms with E-state index >= 15 is 0 Å². The Bertz CT molecular complexity index is 1340. The lowest BCUT2D eigenvalue weighted by atomic mass is 9.67. The molecule has 1 aromatic heterocycles. The Balaban J connectivity index is 1.48. The zero-order chi connectivity index (χ0) is 22.3. The van der Waals surface area contributed by atoms with Crippen molar-refractivity contribution in [1.82, 2.24) is 9.97 Å². The molecule has 9 nitrogen and oxygen atoms in total. The molecular formula is C23H20N4O5. The van der Waals surface area contributed by atoms with Gasteiger partial charge in [0.05, 0.1) is 38.8 Å². The molecule has 1 fully saturated rings. The van der Waals surface area contributed by atoms with Crippen LogP contribution in [0, 0.1) is 15.5 Å². The zero-order valence-corrected chi connectivity index (χ0v) is 17.5. The van der Waals surface area contributed by atoms with Gasteiger partial charge >= 0.3 is 0 Å². The molecular weight excluding hydrogens is 412 g/mol. The van der Waals surface area contributed by atoms with Crippen LogP contribution in [0.15, 0.2) is 36.4 Å². The number of benzene rings is 2. The first-order chi connectivity index (χ1) is 15.3. The topological polar surface area (TPSA) is 116 Å². The summed E-state index contributed by atoms with van der Waals surface area (Å²) in [7, 11) is 0. The highest BCUT2D eigenvalue weighted by Gasteiger charge is 2.68. The van der Waals surface area contributed by atoms with Gasteiger partial charge < -0.3 is 14.8 Å². The van der Waals surface area contributed by atoms with E-state index in [9.17, 15) is 14.9 Å². The van der Waals surface area contributed by atoms with Gasteiger partial charge in [-0.1, -0.05) is 26.0 Å². The number of nitrogens with one attached hydrogen (secondary N) is 1. The molecule has 2 heterocycles. The van der Waals surface area contributed by atoms with E-state index in [4.69, 9.17) is 19.4 Å². The van der Waals surface area contributed by atoms with Crippen LogP contribution >= 0.6 is 0 Å². The fourth-order valence-electron chi connectivity index (χ4n) is 5.74. The minimum Gasteiger partial charge on any atom is -0.454 e. The largest absolute Gasteiger partial charge is 0.454 e. The second-order valence-corrected chi connectivity index (χ2v) is 9.10. The average Bonchev–Trinajstić information content (AvgIpc) is 3.38. The summed E-state index contributed by atoms with van der Waals surface area (Å²) in [4.78, 5) is 34.8. The predicted octanol–water partition coefficient (Wildman–Crippen LogP) is 4.06. The van der Waals surface area contributed by atoms with E-state index in [-0.39, 0.29) is 35.7 Å². The van der Waals surface area contributed by atoms with E-state index in [1.165, 1.54) is 12.1 Å². The summed E-state index contributed by atoms with van der Waals surface area (Å²) < 4.78 is 10.6. The molecule has 3 aromatic rings. The number of nitro groups is 1. The molecule has 9 heteroatoms. The highest BCUT2D eigenvalue weighted by Crippen LogP contribution is 2.67. The first-order valence-electron chi connectivity index (χ1n) is 10.5. The maximum atomic E-state index is 13.9. The van der Waals surface area contributed by atoms with Gasteiger partial charge in [0.2, 0.25) is 12.7 Å². The molecule has 2 bridgehead atoms. The van der Waals surface area contributed by atoms with Crippen molar-refractivity contribution in [1.29, 1.82) is 0 Å². The van der Waals surface area contributed by atoms with Crippen LogP contribution in [-0.2, 0) is 10.2 Å². The molecule has 0 radical (unpaired) electrons. The van der Waals surface area contributed by atoms with Crippen LogP contribution in [0.5, 0.6) is 11.5 Å². The molecule has 162 valence electrons. The molecule has 1 N–H and O–H groups in total. The van der Waals surface area contributed by atoms with Gasteiger partial charge in [0.1, 0.15) is 5.69 Å². The zero-order valence-electron chi connectivity index (χ0n) is 17.5. The number of aromatic nitrogens is 2. The fraction of sp³-hybridized carbons (Fsp3) is 0.348. The van der Waals surface area contributed by atoms with Crippen molar-refractivity contribution >= 4 is 28.3 Å². The molecule has 1 aliphatic heterocycles. The quantitative estimate of drug-likeness (QED) is 0.490. The van der Waals surface area contributed by atoms with Gasteiger partial charge in [-0.15, -0.1) is 0 Å². The van der Waals surface area contributed by atoms with Gasteiger partial charge in [0.25, 0.3) is 5.69 Å². The molecule has 6 rings (SSSR count). The van der Waals surface area contributed by atoms with E-state index in [1.807, 2.05) is 24.3 Å². The van der Waals surface area contributed by atoms with Crippen LogP contribution in [0.1, 0.15) is 44.0 Å². The maximum absolute atomic E-state index is 13.9. The number of ether oxygens (including phenoxy) is 2. The third kappa shape index (κ3) is 2.25. The van der Waals surface area contributed by atoms with Crippen LogP contribution in [0.3, 0.4) is 0 Å². The smallest absolute Gasteiger partial charge is 0.296 e. The summed E-state index contributed by atoms with van der Waals surface area (Å²) in [6.07, 6.45) is 1.42. The number of nitro benzene ring substituents is 1. The second-order valence-electron chi connectivity index (χ2n) is 9.10. The Morgan fingerprint density at radius 1 is 1.16 bits per heavy atom. The number of carbonyl (C=O) groups is 1. The maximum Gasteiger partial charge on any atom is 0.296 e. The van der Waals surface area contributed by atoms with Gasteiger partial charge in [0.15, 0.2) is 11.5 Å². The van der Waals surface area contributed by atoms with E-state index in [0.717, 1.165) is 23.1 Å². The lowest BCUT2D eigenvalue weighted by Crippen LogP contribution is -2.46. The van der Waals surface area contributed by atoms with Crippen LogP contribution in [0.2, 0.25) is 0 Å². The van der Waals surface area contributed by atoms with E-state index in [2.05, 4.69) is 19.2 Å². The fourth-order valence-corrected chi connectivity index (χ4v) is 5.74. The molecule has 2 unspecified atom stereocenters. The van der Waals surface area contributed by atoms with E-state index in [0.29, 0.717) is 17.9 Å². The molecule has 3 aliphatic rings. The lowest BCUT2D eigenvalue weighted by Gasteiger charge is -2.36. The summed E-state index contributed by atoms with van der Waals surface area (Å²) >= 11 is 0. The van der Waals surface area contributed by atoms with Crippen molar-refractivity contribution in [3.05, 3.63) is 57.9 Å². The summed E-state index contributed by atoms with van der Waals surface area (Å²) in [6, 6.07) is 10.4. The van der Waals surface area contributed by atoms with Crippen LogP contribution in [-0.4, -0.2) is 27.6 Å². The average molecular weight is 432 g/mol. The van der Waals surface area contributed by atoms with Gasteiger partial charge in [-0.05, 0) is 30.4 Å². The number of para-hydroxylation sites is 2. The summed E-state index contributed by atoms with van der Waals surface area (Å²) in [5, 5.41) is 14.5. The number of hydrogen-bond acceptors (Lipinski definition) is 7. The predicted molar refractivity (Wildman–Crippen MR) is 115 cm³/mol. The number of anilines is 1. The van der Waals surface area contributed by atoms with Crippen molar-refractivity contribution in [2.45, 2.75) is 38.0 Å². The standard InChI is InChI=1S/C23H20N4O5/c1-22(2)12-7-8-23(22,20-19(12)24-13-5-3-4-6-14(13)25-20)21(28)26-15-9-17-18(32-11-31-17)10-16(15)27(29)30/h3-6,9-10,12H,7-8,11H2,1-2H3,(H,26,28). The van der Waals surface area contributed by atoms with E-state index in [1.54, 1.807) is 0 Å². The minimum atomic E-state index is -0.936. The third-order valence-electron chi connectivity index (χ3n) is 7.43. The first kappa shape index (κ1) is 19.0. The Kier molecular flexibility index (Phi) is 3.65. The summed E-state index contributed by atoms with van der Waals surface area (Å²) in [6.45, 7) is 4.11. The number of hydrogen-bond donors (Lipinski definition) is 1.